The van der Waals surface area contributed by atoms with Crippen LogP contribution < -0.4 is 10.1 Å². The molecule has 1 aromatic heterocycles. The summed E-state index contributed by atoms with van der Waals surface area (Å²) in [5.74, 6) is -0.289. The SMILES string of the molecule is COc1ccc(-c2nnsc2C(=O)Nc2ccc(Br)cc2F)cc1. The molecule has 3 rings (SSSR count). The van der Waals surface area contributed by atoms with Crippen molar-refractivity contribution in [3.63, 3.8) is 0 Å². The fourth-order valence-electron chi connectivity index (χ4n) is 2.05. The Hall–Kier alpha value is -2.32. The summed E-state index contributed by atoms with van der Waals surface area (Å²) >= 11 is 4.13. The van der Waals surface area contributed by atoms with Crippen molar-refractivity contribution in [2.75, 3.05) is 12.4 Å². The Balaban J connectivity index is 1.87. The number of nitrogens with zero attached hydrogens (tertiary/aromatic N) is 2. The second kappa shape index (κ2) is 7.06. The first-order chi connectivity index (χ1) is 11.6. The lowest BCUT2D eigenvalue weighted by Crippen LogP contribution is -2.12. The molecule has 0 saturated heterocycles. The molecular formula is C16H11BrFN3O2S. The number of rotatable bonds is 4. The zero-order valence-electron chi connectivity index (χ0n) is 12.4. The number of benzene rings is 2. The number of carbonyl (C=O) groups is 1. The van der Waals surface area contributed by atoms with E-state index in [4.69, 9.17) is 4.74 Å². The summed E-state index contributed by atoms with van der Waals surface area (Å²) in [5.41, 5.74) is 1.26. The van der Waals surface area contributed by atoms with Gasteiger partial charge >= 0.3 is 0 Å². The van der Waals surface area contributed by atoms with E-state index in [-0.39, 0.29) is 5.69 Å². The van der Waals surface area contributed by atoms with Crippen molar-refractivity contribution in [3.8, 4) is 17.0 Å². The van der Waals surface area contributed by atoms with Crippen LogP contribution in [0.3, 0.4) is 0 Å². The van der Waals surface area contributed by atoms with Crippen LogP contribution in [0.1, 0.15) is 9.67 Å². The van der Waals surface area contributed by atoms with Crippen LogP contribution in [0, 0.1) is 5.82 Å². The molecule has 1 N–H and O–H groups in total. The highest BCUT2D eigenvalue weighted by Crippen LogP contribution is 2.27. The van der Waals surface area contributed by atoms with Crippen molar-refractivity contribution < 1.29 is 13.9 Å². The quantitative estimate of drug-likeness (QED) is 0.697. The van der Waals surface area contributed by atoms with E-state index in [0.717, 1.165) is 17.1 Å². The maximum atomic E-state index is 13.9. The Labute approximate surface area is 149 Å². The number of ether oxygens (including phenoxy) is 1. The fraction of sp³-hybridized carbons (Fsp3) is 0.0625. The minimum atomic E-state index is -0.527. The van der Waals surface area contributed by atoms with Gasteiger partial charge in [0.1, 0.15) is 22.1 Å². The van der Waals surface area contributed by atoms with Gasteiger partial charge in [-0.2, -0.15) is 0 Å². The highest BCUT2D eigenvalue weighted by Gasteiger charge is 2.19. The molecule has 24 heavy (non-hydrogen) atoms. The van der Waals surface area contributed by atoms with Gasteiger partial charge in [-0.3, -0.25) is 4.79 Å². The highest BCUT2D eigenvalue weighted by atomic mass is 79.9. The minimum absolute atomic E-state index is 0.0947. The summed E-state index contributed by atoms with van der Waals surface area (Å²) in [6, 6.07) is 11.5. The van der Waals surface area contributed by atoms with Gasteiger partial charge in [0, 0.05) is 10.0 Å². The van der Waals surface area contributed by atoms with Crippen LogP contribution in [-0.2, 0) is 0 Å². The van der Waals surface area contributed by atoms with E-state index in [9.17, 15) is 9.18 Å². The Morgan fingerprint density at radius 3 is 2.67 bits per heavy atom. The standard InChI is InChI=1S/C16H11BrFN3O2S/c1-23-11-5-2-9(3-6-11)14-15(24-21-20-14)16(22)19-13-7-4-10(17)8-12(13)18/h2-8H,1H3,(H,19,22). The van der Waals surface area contributed by atoms with Crippen LogP contribution in [0.5, 0.6) is 5.75 Å². The van der Waals surface area contributed by atoms with Crippen LogP contribution in [0.25, 0.3) is 11.3 Å². The normalized spacial score (nSPS) is 10.5. The maximum absolute atomic E-state index is 13.9. The Kier molecular flexibility index (Phi) is 4.86. The van der Waals surface area contributed by atoms with Crippen molar-refractivity contribution in [3.05, 3.63) is 57.6 Å². The third-order valence-corrected chi connectivity index (χ3v) is 4.45. The lowest BCUT2D eigenvalue weighted by molar-refractivity contribution is 0.103. The van der Waals surface area contributed by atoms with Gasteiger partial charge in [-0.1, -0.05) is 20.4 Å². The van der Waals surface area contributed by atoms with E-state index in [1.165, 1.54) is 12.1 Å². The average molecular weight is 408 g/mol. The van der Waals surface area contributed by atoms with Gasteiger partial charge in [0.05, 0.1) is 12.8 Å². The molecule has 2 aromatic carbocycles. The number of amides is 1. The molecule has 0 spiro atoms. The molecule has 0 fully saturated rings. The molecule has 1 heterocycles. The van der Waals surface area contributed by atoms with Crippen molar-refractivity contribution in [1.29, 1.82) is 0 Å². The monoisotopic (exact) mass is 407 g/mol. The smallest absolute Gasteiger partial charge is 0.269 e. The number of carbonyl (C=O) groups excluding carboxylic acids is 1. The summed E-state index contributed by atoms with van der Waals surface area (Å²) in [7, 11) is 1.57. The van der Waals surface area contributed by atoms with Gasteiger partial charge in [0.2, 0.25) is 0 Å². The predicted octanol–water partition coefficient (Wildman–Crippen LogP) is 4.37. The largest absolute Gasteiger partial charge is 0.497 e. The van der Waals surface area contributed by atoms with Crippen LogP contribution >= 0.6 is 27.5 Å². The summed E-state index contributed by atoms with van der Waals surface area (Å²) in [6.45, 7) is 0. The van der Waals surface area contributed by atoms with E-state index in [2.05, 4.69) is 30.8 Å². The van der Waals surface area contributed by atoms with E-state index >= 15 is 0 Å². The van der Waals surface area contributed by atoms with Crippen molar-refractivity contribution in [2.24, 2.45) is 0 Å². The van der Waals surface area contributed by atoms with E-state index in [1.807, 2.05) is 0 Å². The van der Waals surface area contributed by atoms with Crippen molar-refractivity contribution in [2.45, 2.75) is 0 Å². The molecule has 8 heteroatoms. The lowest BCUT2D eigenvalue weighted by atomic mass is 10.1. The number of aromatic nitrogens is 2. The molecule has 5 nitrogen and oxygen atoms in total. The van der Waals surface area contributed by atoms with E-state index in [0.29, 0.717) is 20.8 Å². The molecule has 1 amide bonds. The zero-order valence-corrected chi connectivity index (χ0v) is 14.8. The van der Waals surface area contributed by atoms with Crippen molar-refractivity contribution in [1.82, 2.24) is 9.59 Å². The van der Waals surface area contributed by atoms with Crippen LogP contribution in [-0.4, -0.2) is 22.6 Å². The highest BCUT2D eigenvalue weighted by molar-refractivity contribution is 9.10. The van der Waals surface area contributed by atoms with Crippen molar-refractivity contribution >= 4 is 39.1 Å². The Bertz CT molecular complexity index is 883. The summed E-state index contributed by atoms with van der Waals surface area (Å²) in [6.07, 6.45) is 0. The minimum Gasteiger partial charge on any atom is -0.497 e. The van der Waals surface area contributed by atoms with E-state index in [1.54, 1.807) is 37.4 Å². The van der Waals surface area contributed by atoms with Gasteiger partial charge in [-0.15, -0.1) is 5.10 Å². The third kappa shape index (κ3) is 3.44. The van der Waals surface area contributed by atoms with Gasteiger partial charge in [-0.25, -0.2) is 4.39 Å². The number of nitrogens with one attached hydrogen (secondary N) is 1. The first-order valence-electron chi connectivity index (χ1n) is 6.81. The summed E-state index contributed by atoms with van der Waals surface area (Å²) in [5, 5.41) is 6.55. The average Bonchev–Trinajstić information content (AvgIpc) is 3.07. The Morgan fingerprint density at radius 2 is 2.00 bits per heavy atom. The molecule has 0 radical (unpaired) electrons. The zero-order chi connectivity index (χ0) is 17.1. The number of anilines is 1. The van der Waals surface area contributed by atoms with Crippen LogP contribution in [0.15, 0.2) is 46.9 Å². The molecule has 122 valence electrons. The predicted molar refractivity (Wildman–Crippen MR) is 94.0 cm³/mol. The lowest BCUT2D eigenvalue weighted by Gasteiger charge is -2.06. The number of hydrogen-bond donors (Lipinski definition) is 1. The van der Waals surface area contributed by atoms with Gasteiger partial charge in [0.15, 0.2) is 0 Å². The number of methoxy groups -OCH3 is 1. The summed E-state index contributed by atoms with van der Waals surface area (Å²) < 4.78 is 23.4. The molecular weight excluding hydrogens is 397 g/mol. The molecule has 0 bridgehead atoms. The topological polar surface area (TPSA) is 64.1 Å². The first-order valence-corrected chi connectivity index (χ1v) is 8.38. The molecule has 0 aliphatic carbocycles. The van der Waals surface area contributed by atoms with Gasteiger partial charge in [0.25, 0.3) is 5.91 Å². The van der Waals surface area contributed by atoms with E-state index < -0.39 is 11.7 Å². The molecule has 0 unspecified atom stereocenters. The Morgan fingerprint density at radius 1 is 1.25 bits per heavy atom. The molecule has 0 aliphatic heterocycles. The number of hydrogen-bond acceptors (Lipinski definition) is 5. The summed E-state index contributed by atoms with van der Waals surface area (Å²) in [4.78, 5) is 12.8. The van der Waals surface area contributed by atoms with Gasteiger partial charge in [-0.05, 0) is 54.0 Å². The fourth-order valence-corrected chi connectivity index (χ4v) is 2.96. The van der Waals surface area contributed by atoms with Crippen LogP contribution in [0.2, 0.25) is 0 Å². The maximum Gasteiger partial charge on any atom is 0.269 e. The van der Waals surface area contributed by atoms with Gasteiger partial charge < -0.3 is 10.1 Å². The molecule has 3 aromatic rings. The molecule has 0 aliphatic rings. The second-order valence-corrected chi connectivity index (χ2v) is 6.43. The molecule has 0 saturated carbocycles. The number of halogens is 2. The van der Waals surface area contributed by atoms with Crippen LogP contribution in [0.4, 0.5) is 10.1 Å². The first kappa shape index (κ1) is 16.5. The second-order valence-electron chi connectivity index (χ2n) is 4.76. The third-order valence-electron chi connectivity index (χ3n) is 3.24. The molecule has 0 atom stereocenters.